The smallest absolute Gasteiger partial charge is 0.243 e. The molecule has 1 saturated carbocycles. The molecule has 3 rings (SSSR count). The largest absolute Gasteiger partial charge is 0.493 e. The molecule has 1 aliphatic carbocycles. The van der Waals surface area contributed by atoms with E-state index in [9.17, 15) is 17.6 Å². The van der Waals surface area contributed by atoms with Gasteiger partial charge in [-0.05, 0) is 43.0 Å². The van der Waals surface area contributed by atoms with Gasteiger partial charge in [0.2, 0.25) is 10.0 Å². The molecule has 1 N–H and O–H groups in total. The Bertz CT molecular complexity index is 878. The molecule has 0 aliphatic heterocycles. The van der Waals surface area contributed by atoms with Gasteiger partial charge in [-0.1, -0.05) is 24.3 Å². The second kappa shape index (κ2) is 7.33. The molecule has 0 aromatic heterocycles. The van der Waals surface area contributed by atoms with E-state index in [0.717, 1.165) is 25.0 Å². The summed E-state index contributed by atoms with van der Waals surface area (Å²) in [5.74, 6) is -0.114. The maximum Gasteiger partial charge on any atom is 0.243 e. The highest BCUT2D eigenvalue weighted by Gasteiger charge is 2.22. The molecule has 132 valence electrons. The van der Waals surface area contributed by atoms with Gasteiger partial charge < -0.3 is 4.74 Å². The topological polar surface area (TPSA) is 72.5 Å². The van der Waals surface area contributed by atoms with Crippen LogP contribution in [0.2, 0.25) is 0 Å². The predicted octanol–water partition coefficient (Wildman–Crippen LogP) is 2.78. The Morgan fingerprint density at radius 1 is 1.16 bits per heavy atom. The van der Waals surface area contributed by atoms with Crippen molar-refractivity contribution in [3.63, 3.8) is 0 Å². The second-order valence-corrected chi connectivity index (χ2v) is 7.70. The van der Waals surface area contributed by atoms with Crippen molar-refractivity contribution in [2.24, 2.45) is 5.92 Å². The summed E-state index contributed by atoms with van der Waals surface area (Å²) >= 11 is 0. The average Bonchev–Trinajstić information content (AvgIpc) is 3.43. The highest BCUT2D eigenvalue weighted by molar-refractivity contribution is 7.89. The van der Waals surface area contributed by atoms with Gasteiger partial charge in [0.25, 0.3) is 0 Å². The van der Waals surface area contributed by atoms with Crippen molar-refractivity contribution in [3.05, 3.63) is 59.9 Å². The van der Waals surface area contributed by atoms with Crippen LogP contribution in [0.15, 0.2) is 53.4 Å². The Labute approximate surface area is 145 Å². The van der Waals surface area contributed by atoms with E-state index in [0.29, 0.717) is 23.8 Å². The zero-order valence-electron chi connectivity index (χ0n) is 13.4. The van der Waals surface area contributed by atoms with Gasteiger partial charge in [0, 0.05) is 5.56 Å². The number of nitrogens with one attached hydrogen (secondary N) is 1. The molecule has 0 radical (unpaired) electrons. The van der Waals surface area contributed by atoms with Crippen molar-refractivity contribution in [1.29, 1.82) is 0 Å². The van der Waals surface area contributed by atoms with Gasteiger partial charge in [-0.2, -0.15) is 0 Å². The molecule has 0 heterocycles. The third-order valence-corrected chi connectivity index (χ3v) is 5.32. The monoisotopic (exact) mass is 363 g/mol. The Kier molecular flexibility index (Phi) is 5.15. The first-order valence-electron chi connectivity index (χ1n) is 7.96. The molecule has 0 bridgehead atoms. The summed E-state index contributed by atoms with van der Waals surface area (Å²) in [5, 5.41) is 0. The highest BCUT2D eigenvalue weighted by Crippen LogP contribution is 2.29. The third-order valence-electron chi connectivity index (χ3n) is 3.89. The number of halogens is 1. The summed E-state index contributed by atoms with van der Waals surface area (Å²) in [6.07, 6.45) is 2.33. The number of ether oxygens (including phenoxy) is 1. The lowest BCUT2D eigenvalue weighted by Crippen LogP contribution is -2.30. The molecule has 2 aromatic rings. The number of hydrogen-bond acceptors (Lipinski definition) is 4. The molecule has 0 atom stereocenters. The average molecular weight is 363 g/mol. The third kappa shape index (κ3) is 4.64. The summed E-state index contributed by atoms with van der Waals surface area (Å²) in [6, 6.07) is 11.6. The van der Waals surface area contributed by atoms with E-state index < -0.39 is 33.1 Å². The van der Waals surface area contributed by atoms with E-state index in [-0.39, 0.29) is 0 Å². The van der Waals surface area contributed by atoms with Crippen molar-refractivity contribution >= 4 is 15.8 Å². The number of ketones is 1. The number of sulfonamides is 1. The van der Waals surface area contributed by atoms with Crippen LogP contribution in [0.3, 0.4) is 0 Å². The summed E-state index contributed by atoms with van der Waals surface area (Å²) < 4.78 is 45.6. The Balaban J connectivity index is 1.64. The van der Waals surface area contributed by atoms with E-state index in [1.807, 2.05) is 0 Å². The second-order valence-electron chi connectivity index (χ2n) is 5.96. The molecular formula is C18H18FNO4S. The standard InChI is InChI=1S/C18H18FNO4S/c19-16-6-1-2-7-18(16)25(22,23)20-11-17(21)14-4-3-5-15(10-14)24-12-13-8-9-13/h1-7,10,13,20H,8-9,11-12H2. The summed E-state index contributed by atoms with van der Waals surface area (Å²) in [6.45, 7) is 0.167. The number of rotatable bonds is 8. The van der Waals surface area contributed by atoms with E-state index in [2.05, 4.69) is 4.72 Å². The first-order valence-corrected chi connectivity index (χ1v) is 9.44. The molecule has 25 heavy (non-hydrogen) atoms. The number of Topliss-reactive ketones (excluding diaryl/α,β-unsaturated/α-hetero) is 1. The minimum absolute atomic E-state index is 0.338. The number of carbonyl (C=O) groups excluding carboxylic acids is 1. The quantitative estimate of drug-likeness (QED) is 0.732. The first kappa shape index (κ1) is 17.6. The zero-order valence-corrected chi connectivity index (χ0v) is 14.3. The van der Waals surface area contributed by atoms with E-state index in [1.54, 1.807) is 24.3 Å². The van der Waals surface area contributed by atoms with Crippen LogP contribution in [0.5, 0.6) is 5.75 Å². The Morgan fingerprint density at radius 3 is 2.64 bits per heavy atom. The van der Waals surface area contributed by atoms with Gasteiger partial charge in [0.1, 0.15) is 16.5 Å². The van der Waals surface area contributed by atoms with Crippen molar-refractivity contribution < 1.29 is 22.3 Å². The molecule has 1 fully saturated rings. The van der Waals surface area contributed by atoms with Crippen LogP contribution in [-0.4, -0.2) is 27.4 Å². The molecular weight excluding hydrogens is 345 g/mol. The fraction of sp³-hybridized carbons (Fsp3) is 0.278. The van der Waals surface area contributed by atoms with Crippen LogP contribution in [0, 0.1) is 11.7 Å². The summed E-state index contributed by atoms with van der Waals surface area (Å²) in [4.78, 5) is 11.8. The van der Waals surface area contributed by atoms with Crippen molar-refractivity contribution in [2.75, 3.05) is 13.2 Å². The lowest BCUT2D eigenvalue weighted by Gasteiger charge is -2.09. The van der Waals surface area contributed by atoms with Gasteiger partial charge in [-0.15, -0.1) is 0 Å². The van der Waals surface area contributed by atoms with Crippen molar-refractivity contribution in [1.82, 2.24) is 4.72 Å². The lowest BCUT2D eigenvalue weighted by molar-refractivity contribution is 0.0996. The van der Waals surface area contributed by atoms with Crippen LogP contribution >= 0.6 is 0 Å². The summed E-state index contributed by atoms with van der Waals surface area (Å²) in [5.41, 5.74) is 0.338. The number of benzene rings is 2. The van der Waals surface area contributed by atoms with Crippen LogP contribution in [0.4, 0.5) is 4.39 Å². The minimum Gasteiger partial charge on any atom is -0.493 e. The molecule has 0 saturated heterocycles. The first-order chi connectivity index (χ1) is 12.0. The molecule has 0 amide bonds. The van der Waals surface area contributed by atoms with Gasteiger partial charge in [0.15, 0.2) is 5.78 Å². The number of carbonyl (C=O) groups is 1. The molecule has 0 unspecified atom stereocenters. The van der Waals surface area contributed by atoms with Gasteiger partial charge in [-0.3, -0.25) is 4.79 Å². The maximum atomic E-state index is 13.6. The van der Waals surface area contributed by atoms with Crippen LogP contribution in [-0.2, 0) is 10.0 Å². The van der Waals surface area contributed by atoms with Gasteiger partial charge >= 0.3 is 0 Å². The molecule has 5 nitrogen and oxygen atoms in total. The maximum absolute atomic E-state index is 13.6. The Morgan fingerprint density at radius 2 is 1.92 bits per heavy atom. The van der Waals surface area contributed by atoms with Gasteiger partial charge in [-0.25, -0.2) is 17.5 Å². The van der Waals surface area contributed by atoms with E-state index in [1.165, 1.54) is 12.1 Å². The fourth-order valence-corrected chi connectivity index (χ4v) is 3.32. The van der Waals surface area contributed by atoms with Gasteiger partial charge in [0.05, 0.1) is 13.2 Å². The Hall–Kier alpha value is -2.25. The van der Waals surface area contributed by atoms with Crippen LogP contribution in [0.1, 0.15) is 23.2 Å². The normalized spacial score (nSPS) is 14.3. The van der Waals surface area contributed by atoms with E-state index >= 15 is 0 Å². The SMILES string of the molecule is O=C(CNS(=O)(=O)c1ccccc1F)c1cccc(OCC2CC2)c1. The summed E-state index contributed by atoms with van der Waals surface area (Å²) in [7, 11) is -4.09. The predicted molar refractivity (Wildman–Crippen MR) is 90.6 cm³/mol. The molecule has 0 spiro atoms. The lowest BCUT2D eigenvalue weighted by atomic mass is 10.1. The number of hydrogen-bond donors (Lipinski definition) is 1. The molecule has 1 aliphatic rings. The van der Waals surface area contributed by atoms with Crippen LogP contribution < -0.4 is 9.46 Å². The minimum atomic E-state index is -4.09. The highest BCUT2D eigenvalue weighted by atomic mass is 32.2. The van der Waals surface area contributed by atoms with E-state index in [4.69, 9.17) is 4.74 Å². The zero-order chi connectivity index (χ0) is 17.9. The van der Waals surface area contributed by atoms with Crippen LogP contribution in [0.25, 0.3) is 0 Å². The van der Waals surface area contributed by atoms with Crippen molar-refractivity contribution in [3.8, 4) is 5.75 Å². The van der Waals surface area contributed by atoms with Crippen molar-refractivity contribution in [2.45, 2.75) is 17.7 Å². The fourth-order valence-electron chi connectivity index (χ4n) is 2.26. The molecule has 7 heteroatoms. The molecule has 2 aromatic carbocycles.